The predicted octanol–water partition coefficient (Wildman–Crippen LogP) is 0.508. The molecular formula is C9H13NO5. The Morgan fingerprint density at radius 1 is 1.13 bits per heavy atom. The number of benzene rings is 1. The summed E-state index contributed by atoms with van der Waals surface area (Å²) in [5, 5.41) is 22.0. The van der Waals surface area contributed by atoms with E-state index in [1.807, 2.05) is 0 Å². The van der Waals surface area contributed by atoms with Crippen molar-refractivity contribution < 1.29 is 25.1 Å². The molecule has 6 heteroatoms. The Balaban J connectivity index is 2.68. The van der Waals surface area contributed by atoms with Gasteiger partial charge in [-0.1, -0.05) is 11.1 Å². The van der Waals surface area contributed by atoms with Gasteiger partial charge in [-0.2, -0.15) is 0 Å². The number of hydrogen-bond acceptors (Lipinski definition) is 6. The monoisotopic (exact) mass is 215 g/mol. The molecule has 1 aromatic rings. The van der Waals surface area contributed by atoms with Crippen molar-refractivity contribution in [3.05, 3.63) is 29.3 Å². The van der Waals surface area contributed by atoms with E-state index in [0.29, 0.717) is 16.8 Å². The quantitative estimate of drug-likeness (QED) is 0.364. The molecule has 0 aliphatic rings. The lowest BCUT2D eigenvalue weighted by Crippen LogP contribution is -2.03. The van der Waals surface area contributed by atoms with Gasteiger partial charge < -0.3 is 10.2 Å². The number of aliphatic hydroxyl groups is 2. The molecule has 0 heterocycles. The average molecular weight is 215 g/mol. The third-order valence-corrected chi connectivity index (χ3v) is 1.68. The van der Waals surface area contributed by atoms with Crippen LogP contribution in [0.4, 0.5) is 5.69 Å². The topological polar surface area (TPSA) is 80.2 Å². The van der Waals surface area contributed by atoms with E-state index in [1.54, 1.807) is 18.2 Å². The minimum atomic E-state index is -0.117. The molecule has 0 atom stereocenters. The van der Waals surface area contributed by atoms with Gasteiger partial charge in [0.15, 0.2) is 0 Å². The van der Waals surface area contributed by atoms with Crippen molar-refractivity contribution in [1.29, 1.82) is 0 Å². The summed E-state index contributed by atoms with van der Waals surface area (Å²) < 4.78 is 0. The second-order valence-electron chi connectivity index (χ2n) is 2.77. The Labute approximate surface area is 86.8 Å². The van der Waals surface area contributed by atoms with Gasteiger partial charge in [-0.15, -0.1) is 0 Å². The first-order chi connectivity index (χ1) is 7.30. The SMILES string of the molecule is COOONc1cc(CO)cc(CO)c1. The van der Waals surface area contributed by atoms with Crippen LogP contribution in [0.2, 0.25) is 0 Å². The molecule has 0 bridgehead atoms. The van der Waals surface area contributed by atoms with Crippen LogP contribution in [0.5, 0.6) is 0 Å². The fraction of sp³-hybridized carbons (Fsp3) is 0.333. The van der Waals surface area contributed by atoms with Crippen LogP contribution in [0.3, 0.4) is 0 Å². The number of hydrogen-bond donors (Lipinski definition) is 3. The van der Waals surface area contributed by atoms with Crippen molar-refractivity contribution in [3.8, 4) is 0 Å². The van der Waals surface area contributed by atoms with Crippen LogP contribution in [-0.4, -0.2) is 17.3 Å². The summed E-state index contributed by atoms with van der Waals surface area (Å²) in [5.74, 6) is 0. The molecule has 0 fully saturated rings. The molecule has 0 saturated heterocycles. The Kier molecular flexibility index (Phi) is 5.02. The molecule has 0 unspecified atom stereocenters. The molecule has 1 rings (SSSR count). The van der Waals surface area contributed by atoms with Gasteiger partial charge in [0.2, 0.25) is 0 Å². The zero-order valence-electron chi connectivity index (χ0n) is 8.27. The highest BCUT2D eigenvalue weighted by molar-refractivity contribution is 5.47. The van der Waals surface area contributed by atoms with E-state index in [1.165, 1.54) is 7.11 Å². The van der Waals surface area contributed by atoms with Crippen molar-refractivity contribution in [1.82, 2.24) is 0 Å². The van der Waals surface area contributed by atoms with Gasteiger partial charge in [0.05, 0.1) is 26.0 Å². The fourth-order valence-electron chi connectivity index (χ4n) is 1.10. The van der Waals surface area contributed by atoms with Gasteiger partial charge in [-0.05, 0) is 28.3 Å². The highest BCUT2D eigenvalue weighted by atomic mass is 17.5. The smallest absolute Gasteiger partial charge is 0.0745 e. The Bertz CT molecular complexity index is 282. The van der Waals surface area contributed by atoms with E-state index < -0.39 is 0 Å². The molecule has 1 aromatic carbocycles. The first-order valence-electron chi connectivity index (χ1n) is 4.27. The highest BCUT2D eigenvalue weighted by Gasteiger charge is 2.00. The molecule has 0 amide bonds. The number of nitrogens with one attached hydrogen (secondary N) is 1. The van der Waals surface area contributed by atoms with Crippen LogP contribution < -0.4 is 5.48 Å². The zero-order valence-corrected chi connectivity index (χ0v) is 8.27. The zero-order chi connectivity index (χ0) is 11.1. The van der Waals surface area contributed by atoms with Crippen molar-refractivity contribution in [2.24, 2.45) is 0 Å². The van der Waals surface area contributed by atoms with Crippen molar-refractivity contribution in [2.75, 3.05) is 12.6 Å². The minimum absolute atomic E-state index is 0.117. The lowest BCUT2D eigenvalue weighted by Gasteiger charge is -2.07. The lowest BCUT2D eigenvalue weighted by molar-refractivity contribution is -0.491. The summed E-state index contributed by atoms with van der Waals surface area (Å²) in [6.07, 6.45) is 0. The van der Waals surface area contributed by atoms with Crippen LogP contribution in [0.25, 0.3) is 0 Å². The normalized spacial score (nSPS) is 10.3. The number of anilines is 1. The third kappa shape index (κ3) is 3.82. The summed E-state index contributed by atoms with van der Waals surface area (Å²) in [6, 6.07) is 4.98. The summed E-state index contributed by atoms with van der Waals surface area (Å²) >= 11 is 0. The second kappa shape index (κ2) is 6.33. The van der Waals surface area contributed by atoms with E-state index >= 15 is 0 Å². The molecule has 0 aliphatic carbocycles. The lowest BCUT2D eigenvalue weighted by atomic mass is 10.1. The number of rotatable bonds is 6. The predicted molar refractivity (Wildman–Crippen MR) is 51.1 cm³/mol. The summed E-state index contributed by atoms with van der Waals surface area (Å²) in [7, 11) is 1.30. The maximum atomic E-state index is 8.95. The molecule has 0 aromatic heterocycles. The molecule has 0 aliphatic heterocycles. The van der Waals surface area contributed by atoms with Crippen LogP contribution in [0.15, 0.2) is 18.2 Å². The maximum absolute atomic E-state index is 8.95. The average Bonchev–Trinajstić information content (AvgIpc) is 2.29. The fourth-order valence-corrected chi connectivity index (χ4v) is 1.10. The highest BCUT2D eigenvalue weighted by Crippen LogP contribution is 2.15. The molecule has 0 spiro atoms. The second-order valence-corrected chi connectivity index (χ2v) is 2.77. The van der Waals surface area contributed by atoms with Gasteiger partial charge in [-0.25, -0.2) is 10.4 Å². The van der Waals surface area contributed by atoms with Gasteiger partial charge in [0.1, 0.15) is 0 Å². The minimum Gasteiger partial charge on any atom is -0.392 e. The van der Waals surface area contributed by atoms with Crippen LogP contribution in [0, 0.1) is 0 Å². The molecule has 6 nitrogen and oxygen atoms in total. The molecule has 0 radical (unpaired) electrons. The van der Waals surface area contributed by atoms with E-state index in [9.17, 15) is 0 Å². The molecule has 15 heavy (non-hydrogen) atoms. The van der Waals surface area contributed by atoms with E-state index in [-0.39, 0.29) is 13.2 Å². The largest absolute Gasteiger partial charge is 0.392 e. The molecule has 3 N–H and O–H groups in total. The summed E-state index contributed by atoms with van der Waals surface area (Å²) in [6.45, 7) is -0.235. The van der Waals surface area contributed by atoms with Crippen molar-refractivity contribution in [2.45, 2.75) is 13.2 Å². The first-order valence-corrected chi connectivity index (χ1v) is 4.27. The standard InChI is InChI=1S/C9H13NO5/c1-13-15-14-10-9-3-7(5-11)2-8(4-9)6-12/h2-4,10-12H,5-6H2,1H3. The number of aliphatic hydroxyl groups excluding tert-OH is 2. The van der Waals surface area contributed by atoms with Crippen LogP contribution >= 0.6 is 0 Å². The Hall–Kier alpha value is -1.18. The molecule has 84 valence electrons. The van der Waals surface area contributed by atoms with Gasteiger partial charge in [0, 0.05) is 0 Å². The first kappa shape index (κ1) is 11.9. The molecule has 0 saturated carbocycles. The van der Waals surface area contributed by atoms with Crippen LogP contribution in [-0.2, 0) is 28.1 Å². The Morgan fingerprint density at radius 2 is 1.73 bits per heavy atom. The van der Waals surface area contributed by atoms with Crippen LogP contribution in [0.1, 0.15) is 11.1 Å². The Morgan fingerprint density at radius 3 is 2.20 bits per heavy atom. The molecular weight excluding hydrogens is 202 g/mol. The van der Waals surface area contributed by atoms with Gasteiger partial charge in [0.25, 0.3) is 0 Å². The van der Waals surface area contributed by atoms with E-state index in [4.69, 9.17) is 10.2 Å². The van der Waals surface area contributed by atoms with E-state index in [0.717, 1.165) is 0 Å². The van der Waals surface area contributed by atoms with Crippen molar-refractivity contribution >= 4 is 5.69 Å². The van der Waals surface area contributed by atoms with E-state index in [2.05, 4.69) is 20.4 Å². The van der Waals surface area contributed by atoms with Gasteiger partial charge in [-0.3, -0.25) is 0 Å². The van der Waals surface area contributed by atoms with Crippen molar-refractivity contribution in [3.63, 3.8) is 0 Å². The summed E-state index contributed by atoms with van der Waals surface area (Å²) in [4.78, 5) is 8.63. The third-order valence-electron chi connectivity index (χ3n) is 1.68. The maximum Gasteiger partial charge on any atom is 0.0745 e. The van der Waals surface area contributed by atoms with Gasteiger partial charge >= 0.3 is 0 Å². The summed E-state index contributed by atoms with van der Waals surface area (Å²) in [5.41, 5.74) is 4.28.